The molecular formula is C23H19FN8O2. The van der Waals surface area contributed by atoms with Crippen LogP contribution in [0.3, 0.4) is 0 Å². The first kappa shape index (κ1) is 21.3. The topological polar surface area (TPSA) is 138 Å². The van der Waals surface area contributed by atoms with E-state index in [2.05, 4.69) is 41.2 Å². The number of carbonyl (C=O) groups excluding carboxylic acids is 2. The molecule has 0 fully saturated rings. The average molecular weight is 458 g/mol. The number of benzene rings is 2. The van der Waals surface area contributed by atoms with Crippen LogP contribution >= 0.6 is 0 Å². The highest BCUT2D eigenvalue weighted by atomic mass is 19.1. The summed E-state index contributed by atoms with van der Waals surface area (Å²) in [6.45, 7) is 0.204. The van der Waals surface area contributed by atoms with Crippen LogP contribution in [-0.2, 0) is 13.0 Å². The number of rotatable bonds is 6. The van der Waals surface area contributed by atoms with Gasteiger partial charge in [0.05, 0.1) is 6.04 Å². The van der Waals surface area contributed by atoms with E-state index in [1.54, 1.807) is 12.1 Å². The number of nitrogens with zero attached hydrogens (tertiary/aromatic N) is 5. The molecular weight excluding hydrogens is 439 g/mol. The van der Waals surface area contributed by atoms with Crippen molar-refractivity contribution in [3.8, 4) is 11.4 Å². The monoisotopic (exact) mass is 458 g/mol. The minimum atomic E-state index is -0.457. The van der Waals surface area contributed by atoms with E-state index < -0.39 is 11.8 Å². The molecule has 0 radical (unpaired) electrons. The minimum Gasteiger partial charge on any atom is -0.347 e. The zero-order valence-corrected chi connectivity index (χ0v) is 17.8. The lowest BCUT2D eigenvalue weighted by atomic mass is 10.0. The van der Waals surface area contributed by atoms with Gasteiger partial charge >= 0.3 is 0 Å². The second-order valence-electron chi connectivity index (χ2n) is 7.81. The van der Waals surface area contributed by atoms with Crippen LogP contribution in [0.25, 0.3) is 11.4 Å². The maximum Gasteiger partial charge on any atom is 0.270 e. The number of H-pyrrole nitrogens is 1. The molecule has 4 aromatic rings. The van der Waals surface area contributed by atoms with Crippen molar-refractivity contribution in [2.75, 3.05) is 0 Å². The Bertz CT molecular complexity index is 1340. The van der Waals surface area contributed by atoms with Crippen LogP contribution in [0.2, 0.25) is 0 Å². The molecule has 10 nitrogen and oxygen atoms in total. The maximum absolute atomic E-state index is 13.0. The molecule has 1 aliphatic rings. The summed E-state index contributed by atoms with van der Waals surface area (Å²) in [5.74, 6) is -0.684. The molecule has 1 atom stereocenters. The fourth-order valence-electron chi connectivity index (χ4n) is 3.90. The van der Waals surface area contributed by atoms with E-state index >= 15 is 0 Å². The number of aryl methyl sites for hydroxylation is 1. The first-order valence-corrected chi connectivity index (χ1v) is 10.6. The van der Waals surface area contributed by atoms with Gasteiger partial charge in [-0.1, -0.05) is 24.3 Å². The highest BCUT2D eigenvalue weighted by Gasteiger charge is 2.26. The summed E-state index contributed by atoms with van der Waals surface area (Å²) in [4.78, 5) is 33.3. The number of fused-ring (bicyclic) bond motifs is 1. The van der Waals surface area contributed by atoms with E-state index in [1.165, 1.54) is 24.5 Å². The zero-order valence-electron chi connectivity index (χ0n) is 17.8. The lowest BCUT2D eigenvalue weighted by molar-refractivity contribution is 0.0931. The summed E-state index contributed by atoms with van der Waals surface area (Å²) < 4.78 is 13.0. The number of nitrogens with one attached hydrogen (secondary N) is 3. The van der Waals surface area contributed by atoms with Crippen molar-refractivity contribution < 1.29 is 14.0 Å². The van der Waals surface area contributed by atoms with Gasteiger partial charge in [0.25, 0.3) is 11.8 Å². The van der Waals surface area contributed by atoms with Crippen molar-refractivity contribution in [2.45, 2.75) is 25.4 Å². The number of amides is 2. The highest BCUT2D eigenvalue weighted by molar-refractivity contribution is 5.97. The fraction of sp³-hybridized carbons (Fsp3) is 0.174. The Hall–Kier alpha value is -4.54. The van der Waals surface area contributed by atoms with E-state index in [9.17, 15) is 14.0 Å². The van der Waals surface area contributed by atoms with Gasteiger partial charge in [-0.3, -0.25) is 9.59 Å². The molecule has 0 saturated heterocycles. The van der Waals surface area contributed by atoms with Gasteiger partial charge in [-0.25, -0.2) is 14.4 Å². The van der Waals surface area contributed by atoms with Gasteiger partial charge in [-0.15, -0.1) is 10.2 Å². The van der Waals surface area contributed by atoms with Gasteiger partial charge in [0.15, 0.2) is 0 Å². The highest BCUT2D eigenvalue weighted by Crippen LogP contribution is 2.33. The maximum atomic E-state index is 13.0. The summed E-state index contributed by atoms with van der Waals surface area (Å²) in [5, 5.41) is 19.7. The van der Waals surface area contributed by atoms with Crippen molar-refractivity contribution in [2.24, 2.45) is 0 Å². The summed E-state index contributed by atoms with van der Waals surface area (Å²) in [6, 6.07) is 12.8. The number of tetrazole rings is 1. The number of hydrogen-bond donors (Lipinski definition) is 3. The molecule has 0 spiro atoms. The lowest BCUT2D eigenvalue weighted by Crippen LogP contribution is -2.29. The van der Waals surface area contributed by atoms with Gasteiger partial charge in [-0.05, 0) is 52.9 Å². The number of hydrogen-bond acceptors (Lipinski definition) is 7. The third kappa shape index (κ3) is 4.49. The van der Waals surface area contributed by atoms with Crippen LogP contribution in [0.1, 0.15) is 50.1 Å². The van der Waals surface area contributed by atoms with Crippen molar-refractivity contribution >= 4 is 11.8 Å². The van der Waals surface area contributed by atoms with Crippen molar-refractivity contribution in [3.63, 3.8) is 0 Å². The zero-order chi connectivity index (χ0) is 23.5. The third-order valence-corrected chi connectivity index (χ3v) is 5.63. The average Bonchev–Trinajstić information content (AvgIpc) is 3.54. The quantitative estimate of drug-likeness (QED) is 0.402. The summed E-state index contributed by atoms with van der Waals surface area (Å²) >= 11 is 0. The first-order valence-electron chi connectivity index (χ1n) is 10.6. The van der Waals surface area contributed by atoms with Crippen molar-refractivity contribution in [3.05, 3.63) is 88.8 Å². The Kier molecular flexibility index (Phi) is 5.73. The molecule has 2 amide bonds. The number of aromatic nitrogens is 6. The Morgan fingerprint density at radius 2 is 1.82 bits per heavy atom. The Morgan fingerprint density at radius 3 is 2.59 bits per heavy atom. The molecule has 11 heteroatoms. The molecule has 170 valence electrons. The van der Waals surface area contributed by atoms with Crippen LogP contribution in [-0.4, -0.2) is 42.4 Å². The van der Waals surface area contributed by atoms with Gasteiger partial charge in [-0.2, -0.15) is 5.21 Å². The molecule has 34 heavy (non-hydrogen) atoms. The predicted octanol–water partition coefficient (Wildman–Crippen LogP) is 2.14. The number of carbonyl (C=O) groups is 2. The van der Waals surface area contributed by atoms with E-state index in [0.717, 1.165) is 35.1 Å². The smallest absolute Gasteiger partial charge is 0.270 e. The summed E-state index contributed by atoms with van der Waals surface area (Å²) in [7, 11) is 0. The lowest BCUT2D eigenvalue weighted by Gasteiger charge is -2.14. The van der Waals surface area contributed by atoms with Crippen LogP contribution in [0.4, 0.5) is 4.39 Å². The standard InChI is InChI=1S/C23H19FN8O2/c24-16-5-1-13(2-6-16)11-25-22(33)19-10-20(27-12-26-19)23(34)28-18-8-4-14-9-15(3-7-17(14)18)21-29-31-32-30-21/h1-3,5-7,9-10,12,18H,4,8,11H2,(H,25,33)(H,28,34)(H,29,30,31,32)/t18-/m1/s1. The molecule has 0 bridgehead atoms. The molecule has 1 aliphatic carbocycles. The molecule has 0 saturated carbocycles. The second-order valence-corrected chi connectivity index (χ2v) is 7.81. The van der Waals surface area contributed by atoms with Crippen molar-refractivity contribution in [1.29, 1.82) is 0 Å². The first-order chi connectivity index (χ1) is 16.6. The van der Waals surface area contributed by atoms with Gasteiger partial charge in [0.1, 0.15) is 23.5 Å². The number of halogens is 1. The fourth-order valence-corrected chi connectivity index (χ4v) is 3.90. The SMILES string of the molecule is O=C(NCc1ccc(F)cc1)c1cc(C(=O)N[C@@H]2CCc3cc(-c4nn[nH]n4)ccc32)ncn1. The molecule has 0 aliphatic heterocycles. The largest absolute Gasteiger partial charge is 0.347 e. The van der Waals surface area contributed by atoms with Gasteiger partial charge < -0.3 is 10.6 Å². The Balaban J connectivity index is 1.24. The van der Waals surface area contributed by atoms with Crippen LogP contribution in [0.5, 0.6) is 0 Å². The summed E-state index contributed by atoms with van der Waals surface area (Å²) in [6.07, 6.45) is 2.72. The van der Waals surface area contributed by atoms with Gasteiger partial charge in [0.2, 0.25) is 5.82 Å². The molecule has 2 heterocycles. The second kappa shape index (κ2) is 9.14. The summed E-state index contributed by atoms with van der Waals surface area (Å²) in [5.41, 5.74) is 3.89. The molecule has 3 N–H and O–H groups in total. The van der Waals surface area contributed by atoms with E-state index in [-0.39, 0.29) is 29.8 Å². The Labute approximate surface area is 193 Å². The molecule has 2 aromatic heterocycles. The van der Waals surface area contributed by atoms with Crippen LogP contribution in [0.15, 0.2) is 54.9 Å². The van der Waals surface area contributed by atoms with E-state index in [4.69, 9.17) is 0 Å². The minimum absolute atomic E-state index is 0.0684. The van der Waals surface area contributed by atoms with E-state index in [1.807, 2.05) is 18.2 Å². The van der Waals surface area contributed by atoms with Crippen LogP contribution < -0.4 is 10.6 Å². The molecule has 0 unspecified atom stereocenters. The molecule has 5 rings (SSSR count). The normalized spacial score (nSPS) is 14.4. The van der Waals surface area contributed by atoms with Crippen LogP contribution in [0, 0.1) is 5.82 Å². The number of aromatic amines is 1. The van der Waals surface area contributed by atoms with Gasteiger partial charge in [0, 0.05) is 18.2 Å². The predicted molar refractivity (Wildman–Crippen MR) is 118 cm³/mol. The van der Waals surface area contributed by atoms with E-state index in [0.29, 0.717) is 5.82 Å². The molecule has 2 aromatic carbocycles. The Morgan fingerprint density at radius 1 is 1.03 bits per heavy atom. The van der Waals surface area contributed by atoms with Crippen molar-refractivity contribution in [1.82, 2.24) is 41.2 Å². The third-order valence-electron chi connectivity index (χ3n) is 5.63.